The van der Waals surface area contributed by atoms with Crippen molar-refractivity contribution in [2.75, 3.05) is 12.3 Å². The first kappa shape index (κ1) is 20.8. The molecule has 0 saturated heterocycles. The molecule has 0 fully saturated rings. The summed E-state index contributed by atoms with van der Waals surface area (Å²) in [5.74, 6) is -0.902. The third-order valence-electron chi connectivity index (χ3n) is 4.02. The lowest BCUT2D eigenvalue weighted by Crippen LogP contribution is -2.45. The highest BCUT2D eigenvalue weighted by molar-refractivity contribution is 5.76. The highest BCUT2D eigenvalue weighted by Crippen LogP contribution is 2.30. The number of anilines is 1. The van der Waals surface area contributed by atoms with Gasteiger partial charge in [0.2, 0.25) is 0 Å². The van der Waals surface area contributed by atoms with Gasteiger partial charge < -0.3 is 20.9 Å². The zero-order valence-corrected chi connectivity index (χ0v) is 15.6. The second-order valence-corrected chi connectivity index (χ2v) is 7.43. The molecule has 1 rings (SSSR count). The van der Waals surface area contributed by atoms with Crippen LogP contribution in [-0.2, 0) is 16.0 Å². The number of carbonyl (C=O) groups excluding carboxylic acids is 1. The molecule has 0 aliphatic rings. The van der Waals surface area contributed by atoms with Crippen LogP contribution in [0.3, 0.4) is 0 Å². The first-order valence-electron chi connectivity index (χ1n) is 8.63. The highest BCUT2D eigenvalue weighted by atomic mass is 16.6. The molecule has 1 aromatic carbocycles. The topological polar surface area (TPSA) is 102 Å². The lowest BCUT2D eigenvalue weighted by molar-refractivity contribution is -0.149. The molecular formula is C19H30N2O4. The molecule has 140 valence electrons. The normalized spacial score (nSPS) is 13.8. The van der Waals surface area contributed by atoms with Gasteiger partial charge in [-0.2, -0.15) is 0 Å². The fourth-order valence-electron chi connectivity index (χ4n) is 2.69. The summed E-state index contributed by atoms with van der Waals surface area (Å²) in [7, 11) is 0. The molecule has 0 saturated carbocycles. The van der Waals surface area contributed by atoms with E-state index in [0.29, 0.717) is 31.4 Å². The number of hydrogen-bond donors (Lipinski definition) is 3. The SMILES string of the molecule is CCCC(CCc1ccc(N)cc1)(CNC(=O)OC(C)(C)C)C(=O)O. The second kappa shape index (κ2) is 8.74. The maximum atomic E-state index is 12.0. The number of nitrogens with one attached hydrogen (secondary N) is 1. The minimum Gasteiger partial charge on any atom is -0.481 e. The number of alkyl carbamates (subject to hydrolysis) is 1. The Kier molecular flexibility index (Phi) is 7.27. The van der Waals surface area contributed by atoms with Crippen LogP contribution in [0.2, 0.25) is 0 Å². The van der Waals surface area contributed by atoms with E-state index in [2.05, 4.69) is 5.32 Å². The largest absolute Gasteiger partial charge is 0.481 e. The van der Waals surface area contributed by atoms with E-state index in [1.54, 1.807) is 32.9 Å². The van der Waals surface area contributed by atoms with Crippen LogP contribution >= 0.6 is 0 Å². The Balaban J connectivity index is 2.80. The predicted molar refractivity (Wildman–Crippen MR) is 98.4 cm³/mol. The number of carbonyl (C=O) groups is 2. The molecule has 0 spiro atoms. The Morgan fingerprint density at radius 2 is 1.76 bits per heavy atom. The van der Waals surface area contributed by atoms with Crippen LogP contribution in [0.5, 0.6) is 0 Å². The number of rotatable bonds is 8. The van der Waals surface area contributed by atoms with Gasteiger partial charge in [-0.25, -0.2) is 4.79 Å². The lowest BCUT2D eigenvalue weighted by Gasteiger charge is -2.30. The Labute approximate surface area is 149 Å². The number of hydrogen-bond acceptors (Lipinski definition) is 4. The molecule has 0 aromatic heterocycles. The van der Waals surface area contributed by atoms with Crippen LogP contribution in [0.1, 0.15) is 52.5 Å². The summed E-state index contributed by atoms with van der Waals surface area (Å²) in [4.78, 5) is 23.9. The molecule has 1 amide bonds. The van der Waals surface area contributed by atoms with Crippen LogP contribution in [0.4, 0.5) is 10.5 Å². The van der Waals surface area contributed by atoms with Crippen LogP contribution in [-0.4, -0.2) is 29.3 Å². The van der Waals surface area contributed by atoms with Crippen molar-refractivity contribution in [3.8, 4) is 0 Å². The quantitative estimate of drug-likeness (QED) is 0.622. The van der Waals surface area contributed by atoms with Crippen LogP contribution in [0, 0.1) is 5.41 Å². The maximum absolute atomic E-state index is 12.0. The molecule has 0 aliphatic carbocycles. The van der Waals surface area contributed by atoms with Crippen molar-refractivity contribution in [2.24, 2.45) is 5.41 Å². The molecule has 0 radical (unpaired) electrons. The van der Waals surface area contributed by atoms with Gasteiger partial charge in [-0.1, -0.05) is 25.5 Å². The predicted octanol–water partition coefficient (Wildman–Crippen LogP) is 3.60. The number of nitrogens with two attached hydrogens (primary N) is 1. The van der Waals surface area contributed by atoms with Crippen molar-refractivity contribution in [3.05, 3.63) is 29.8 Å². The molecule has 0 aliphatic heterocycles. The average Bonchev–Trinajstić information content (AvgIpc) is 2.50. The van der Waals surface area contributed by atoms with E-state index in [1.807, 2.05) is 19.1 Å². The molecule has 4 N–H and O–H groups in total. The van der Waals surface area contributed by atoms with E-state index < -0.39 is 23.1 Å². The molecule has 25 heavy (non-hydrogen) atoms. The third kappa shape index (κ3) is 7.03. The Bertz CT molecular complexity index is 578. The summed E-state index contributed by atoms with van der Waals surface area (Å²) in [5, 5.41) is 12.4. The van der Waals surface area contributed by atoms with Gasteiger partial charge in [0.05, 0.1) is 5.41 Å². The number of carboxylic acids is 1. The first-order valence-corrected chi connectivity index (χ1v) is 8.63. The van der Waals surface area contributed by atoms with Gasteiger partial charge in [0, 0.05) is 12.2 Å². The summed E-state index contributed by atoms with van der Waals surface area (Å²) in [6.07, 6.45) is 1.62. The van der Waals surface area contributed by atoms with Gasteiger partial charge in [0.15, 0.2) is 0 Å². The second-order valence-electron chi connectivity index (χ2n) is 7.43. The monoisotopic (exact) mass is 350 g/mol. The maximum Gasteiger partial charge on any atom is 0.407 e. The molecular weight excluding hydrogens is 320 g/mol. The molecule has 0 bridgehead atoms. The van der Waals surface area contributed by atoms with Crippen molar-refractivity contribution < 1.29 is 19.4 Å². The summed E-state index contributed by atoms with van der Waals surface area (Å²) >= 11 is 0. The van der Waals surface area contributed by atoms with Gasteiger partial charge in [0.1, 0.15) is 5.60 Å². The Hall–Kier alpha value is -2.24. The number of carboxylic acid groups (broad SMARTS) is 1. The number of nitrogen functional groups attached to an aromatic ring is 1. The van der Waals surface area contributed by atoms with E-state index >= 15 is 0 Å². The highest BCUT2D eigenvalue weighted by Gasteiger charge is 2.38. The number of aliphatic carboxylic acids is 1. The molecule has 6 nitrogen and oxygen atoms in total. The van der Waals surface area contributed by atoms with E-state index in [-0.39, 0.29) is 6.54 Å². The van der Waals surface area contributed by atoms with Crippen molar-refractivity contribution in [1.29, 1.82) is 0 Å². The summed E-state index contributed by atoms with van der Waals surface area (Å²) in [6, 6.07) is 7.40. The zero-order chi connectivity index (χ0) is 19.1. The van der Waals surface area contributed by atoms with Gasteiger partial charge in [0.25, 0.3) is 0 Å². The summed E-state index contributed by atoms with van der Waals surface area (Å²) in [5.41, 5.74) is 5.74. The number of aryl methyl sites for hydroxylation is 1. The van der Waals surface area contributed by atoms with E-state index in [9.17, 15) is 14.7 Å². The number of benzene rings is 1. The van der Waals surface area contributed by atoms with Crippen LogP contribution < -0.4 is 11.1 Å². The van der Waals surface area contributed by atoms with E-state index in [4.69, 9.17) is 10.5 Å². The fraction of sp³-hybridized carbons (Fsp3) is 0.579. The lowest BCUT2D eigenvalue weighted by atomic mass is 9.78. The van der Waals surface area contributed by atoms with E-state index in [0.717, 1.165) is 5.56 Å². The van der Waals surface area contributed by atoms with Crippen LogP contribution in [0.25, 0.3) is 0 Å². The van der Waals surface area contributed by atoms with Gasteiger partial charge in [-0.15, -0.1) is 0 Å². The summed E-state index contributed by atoms with van der Waals surface area (Å²) in [6.45, 7) is 7.28. The van der Waals surface area contributed by atoms with E-state index in [1.165, 1.54) is 0 Å². The minimum atomic E-state index is -1.02. The van der Waals surface area contributed by atoms with Crippen molar-refractivity contribution >= 4 is 17.7 Å². The Morgan fingerprint density at radius 3 is 2.24 bits per heavy atom. The zero-order valence-electron chi connectivity index (χ0n) is 15.6. The standard InChI is InChI=1S/C19H30N2O4/c1-5-11-19(16(22)23,13-21-17(24)25-18(2,3)4)12-10-14-6-8-15(20)9-7-14/h6-9H,5,10-13,20H2,1-4H3,(H,21,24)(H,22,23). The number of amides is 1. The number of ether oxygens (including phenoxy) is 1. The molecule has 1 unspecified atom stereocenters. The molecule has 6 heteroatoms. The smallest absolute Gasteiger partial charge is 0.407 e. The molecule has 0 heterocycles. The Morgan fingerprint density at radius 1 is 1.16 bits per heavy atom. The molecule has 1 aromatic rings. The van der Waals surface area contributed by atoms with Gasteiger partial charge in [-0.05, 0) is 57.7 Å². The minimum absolute atomic E-state index is 0.0417. The molecule has 1 atom stereocenters. The van der Waals surface area contributed by atoms with Crippen molar-refractivity contribution in [3.63, 3.8) is 0 Å². The van der Waals surface area contributed by atoms with Crippen LogP contribution in [0.15, 0.2) is 24.3 Å². The van der Waals surface area contributed by atoms with Gasteiger partial charge >= 0.3 is 12.1 Å². The van der Waals surface area contributed by atoms with Gasteiger partial charge in [-0.3, -0.25) is 4.79 Å². The third-order valence-corrected chi connectivity index (χ3v) is 4.02. The average molecular weight is 350 g/mol. The van der Waals surface area contributed by atoms with Crippen molar-refractivity contribution in [1.82, 2.24) is 5.32 Å². The fourth-order valence-corrected chi connectivity index (χ4v) is 2.69. The first-order chi connectivity index (χ1) is 11.6. The van der Waals surface area contributed by atoms with Crippen molar-refractivity contribution in [2.45, 2.75) is 59.0 Å². The summed E-state index contributed by atoms with van der Waals surface area (Å²) < 4.78 is 5.21.